The summed E-state index contributed by atoms with van der Waals surface area (Å²) in [6.45, 7) is 4.07. The molecular formula is C15H22O4. The first kappa shape index (κ1) is 15.5. The second-order valence-electron chi connectivity index (χ2n) is 4.37. The van der Waals surface area contributed by atoms with Crippen LogP contribution < -0.4 is 4.74 Å². The molecule has 1 rings (SSSR count). The van der Waals surface area contributed by atoms with E-state index >= 15 is 0 Å². The lowest BCUT2D eigenvalue weighted by atomic mass is 9.92. The lowest BCUT2D eigenvalue weighted by Crippen LogP contribution is -2.24. The number of ether oxygens (including phenoxy) is 2. The molecule has 1 aromatic rings. The van der Waals surface area contributed by atoms with E-state index < -0.39 is 12.0 Å². The molecule has 4 nitrogen and oxygen atoms in total. The molecule has 0 fully saturated rings. The summed E-state index contributed by atoms with van der Waals surface area (Å²) in [6, 6.07) is 7.08. The zero-order valence-electron chi connectivity index (χ0n) is 11.8. The Hall–Kier alpha value is -1.55. The predicted octanol–water partition coefficient (Wildman–Crippen LogP) is 2.71. The van der Waals surface area contributed by atoms with Crippen LogP contribution in [-0.2, 0) is 9.53 Å². The van der Waals surface area contributed by atoms with Gasteiger partial charge in [-0.2, -0.15) is 0 Å². The maximum Gasteiger partial charge on any atom is 0.311 e. The number of esters is 1. The molecule has 0 aliphatic carbocycles. The number of aliphatic hydroxyl groups excluding tert-OH is 1. The Kier molecular flexibility index (Phi) is 6.36. The lowest BCUT2D eigenvalue weighted by Gasteiger charge is -2.21. The molecule has 0 saturated carbocycles. The Balaban J connectivity index is 2.84. The predicted molar refractivity (Wildman–Crippen MR) is 73.0 cm³/mol. The highest BCUT2D eigenvalue weighted by Gasteiger charge is 2.28. The standard InChI is InChI=1S/C15H22O4/c1-4-6-13(15(17)19-5-2)14(16)11-7-9-12(18-3)10-8-11/h7-10,13-14,16H,4-6H2,1-3H3. The van der Waals surface area contributed by atoms with E-state index in [0.29, 0.717) is 18.6 Å². The van der Waals surface area contributed by atoms with Crippen LogP contribution in [0.5, 0.6) is 5.75 Å². The fourth-order valence-electron chi connectivity index (χ4n) is 2.00. The maximum absolute atomic E-state index is 11.9. The van der Waals surface area contributed by atoms with E-state index in [0.717, 1.165) is 12.2 Å². The number of carbonyl (C=O) groups is 1. The summed E-state index contributed by atoms with van der Waals surface area (Å²) in [5.41, 5.74) is 0.701. The molecule has 0 aliphatic heterocycles. The maximum atomic E-state index is 11.9. The van der Waals surface area contributed by atoms with E-state index in [1.807, 2.05) is 6.92 Å². The van der Waals surface area contributed by atoms with Gasteiger partial charge in [-0.15, -0.1) is 0 Å². The minimum absolute atomic E-state index is 0.328. The van der Waals surface area contributed by atoms with Crippen LogP contribution >= 0.6 is 0 Å². The Bertz CT molecular complexity index is 386. The summed E-state index contributed by atoms with van der Waals surface area (Å²) in [4.78, 5) is 11.9. The van der Waals surface area contributed by atoms with Crippen LogP contribution in [0.15, 0.2) is 24.3 Å². The Morgan fingerprint density at radius 3 is 2.37 bits per heavy atom. The molecule has 0 bridgehead atoms. The van der Waals surface area contributed by atoms with Gasteiger partial charge in [-0.05, 0) is 31.0 Å². The minimum Gasteiger partial charge on any atom is -0.497 e. The van der Waals surface area contributed by atoms with Crippen molar-refractivity contribution in [2.75, 3.05) is 13.7 Å². The second kappa shape index (κ2) is 7.79. The molecule has 1 aromatic carbocycles. The first-order valence-corrected chi connectivity index (χ1v) is 6.62. The van der Waals surface area contributed by atoms with Gasteiger partial charge in [0, 0.05) is 0 Å². The molecule has 2 atom stereocenters. The summed E-state index contributed by atoms with van der Waals surface area (Å²) >= 11 is 0. The number of methoxy groups -OCH3 is 1. The van der Waals surface area contributed by atoms with Gasteiger partial charge in [0.15, 0.2) is 0 Å². The minimum atomic E-state index is -0.843. The van der Waals surface area contributed by atoms with Crippen LogP contribution in [0.1, 0.15) is 38.4 Å². The molecular weight excluding hydrogens is 244 g/mol. The summed E-state index contributed by atoms with van der Waals surface area (Å²) < 4.78 is 10.1. The SMILES string of the molecule is CCCC(C(=O)OCC)C(O)c1ccc(OC)cc1. The van der Waals surface area contributed by atoms with Crippen molar-refractivity contribution in [1.82, 2.24) is 0 Å². The van der Waals surface area contributed by atoms with Crippen LogP contribution in [0.2, 0.25) is 0 Å². The molecule has 0 spiro atoms. The summed E-state index contributed by atoms with van der Waals surface area (Å²) in [7, 11) is 1.59. The van der Waals surface area contributed by atoms with Crippen molar-refractivity contribution >= 4 is 5.97 Å². The average molecular weight is 266 g/mol. The molecule has 0 saturated heterocycles. The zero-order chi connectivity index (χ0) is 14.3. The van der Waals surface area contributed by atoms with Crippen LogP contribution in [-0.4, -0.2) is 24.8 Å². The number of rotatable bonds is 7. The molecule has 0 aromatic heterocycles. The van der Waals surface area contributed by atoms with Gasteiger partial charge in [0.25, 0.3) is 0 Å². The normalized spacial score (nSPS) is 13.7. The number of benzene rings is 1. The van der Waals surface area contributed by atoms with Gasteiger partial charge in [0.05, 0.1) is 25.7 Å². The van der Waals surface area contributed by atoms with Crippen LogP contribution in [0, 0.1) is 5.92 Å². The van der Waals surface area contributed by atoms with E-state index in [2.05, 4.69) is 0 Å². The van der Waals surface area contributed by atoms with Gasteiger partial charge in [-0.1, -0.05) is 25.5 Å². The largest absolute Gasteiger partial charge is 0.497 e. The Morgan fingerprint density at radius 2 is 1.89 bits per heavy atom. The van der Waals surface area contributed by atoms with Crippen molar-refractivity contribution in [2.45, 2.75) is 32.8 Å². The van der Waals surface area contributed by atoms with Gasteiger partial charge in [-0.3, -0.25) is 4.79 Å². The summed E-state index contributed by atoms with van der Waals surface area (Å²) in [5, 5.41) is 10.3. The molecule has 4 heteroatoms. The Morgan fingerprint density at radius 1 is 1.26 bits per heavy atom. The number of hydrogen-bond acceptors (Lipinski definition) is 4. The highest BCUT2D eigenvalue weighted by molar-refractivity contribution is 5.73. The van der Waals surface area contributed by atoms with E-state index in [1.165, 1.54) is 0 Å². The topological polar surface area (TPSA) is 55.8 Å². The third-order valence-electron chi connectivity index (χ3n) is 3.03. The summed E-state index contributed by atoms with van der Waals surface area (Å²) in [5.74, 6) is -0.134. The third kappa shape index (κ3) is 4.24. The van der Waals surface area contributed by atoms with Crippen molar-refractivity contribution in [3.8, 4) is 5.75 Å². The van der Waals surface area contributed by atoms with Gasteiger partial charge >= 0.3 is 5.97 Å². The fourth-order valence-corrected chi connectivity index (χ4v) is 2.00. The quantitative estimate of drug-likeness (QED) is 0.771. The molecule has 0 amide bonds. The average Bonchev–Trinajstić information content (AvgIpc) is 2.44. The van der Waals surface area contributed by atoms with Crippen molar-refractivity contribution in [3.05, 3.63) is 29.8 Å². The highest BCUT2D eigenvalue weighted by Crippen LogP contribution is 2.28. The van der Waals surface area contributed by atoms with Crippen LogP contribution in [0.25, 0.3) is 0 Å². The zero-order valence-corrected chi connectivity index (χ0v) is 11.8. The van der Waals surface area contributed by atoms with Gasteiger partial charge < -0.3 is 14.6 Å². The van der Waals surface area contributed by atoms with E-state index in [9.17, 15) is 9.90 Å². The van der Waals surface area contributed by atoms with Gasteiger partial charge in [-0.25, -0.2) is 0 Å². The first-order valence-electron chi connectivity index (χ1n) is 6.62. The molecule has 1 N–H and O–H groups in total. The second-order valence-corrected chi connectivity index (χ2v) is 4.37. The molecule has 0 aliphatic rings. The van der Waals surface area contributed by atoms with Crippen LogP contribution in [0.4, 0.5) is 0 Å². The smallest absolute Gasteiger partial charge is 0.311 e. The third-order valence-corrected chi connectivity index (χ3v) is 3.03. The van der Waals surface area contributed by atoms with Gasteiger partial charge in [0.1, 0.15) is 5.75 Å². The Labute approximate surface area is 114 Å². The molecule has 0 radical (unpaired) electrons. The fraction of sp³-hybridized carbons (Fsp3) is 0.533. The van der Waals surface area contributed by atoms with E-state index in [1.54, 1.807) is 38.3 Å². The van der Waals surface area contributed by atoms with Crippen molar-refractivity contribution < 1.29 is 19.4 Å². The highest BCUT2D eigenvalue weighted by atomic mass is 16.5. The van der Waals surface area contributed by atoms with Crippen molar-refractivity contribution in [3.63, 3.8) is 0 Å². The monoisotopic (exact) mass is 266 g/mol. The van der Waals surface area contributed by atoms with Gasteiger partial charge in [0.2, 0.25) is 0 Å². The molecule has 106 valence electrons. The summed E-state index contributed by atoms with van der Waals surface area (Å²) in [6.07, 6.45) is 0.577. The molecule has 2 unspecified atom stereocenters. The molecule has 19 heavy (non-hydrogen) atoms. The van der Waals surface area contributed by atoms with Crippen molar-refractivity contribution in [2.24, 2.45) is 5.92 Å². The number of carbonyl (C=O) groups excluding carboxylic acids is 1. The molecule has 0 heterocycles. The number of aliphatic hydroxyl groups is 1. The first-order chi connectivity index (χ1) is 9.13. The lowest BCUT2D eigenvalue weighted by molar-refractivity contribution is -0.152. The van der Waals surface area contributed by atoms with Crippen LogP contribution in [0.3, 0.4) is 0 Å². The van der Waals surface area contributed by atoms with Crippen molar-refractivity contribution in [1.29, 1.82) is 0 Å². The number of hydrogen-bond donors (Lipinski definition) is 1. The van der Waals surface area contributed by atoms with E-state index in [-0.39, 0.29) is 5.97 Å². The van der Waals surface area contributed by atoms with E-state index in [4.69, 9.17) is 9.47 Å².